The zero-order valence-electron chi connectivity index (χ0n) is 13.7. The van der Waals surface area contributed by atoms with Gasteiger partial charge in [-0.1, -0.05) is 48.6 Å². The molecule has 1 aromatic rings. The number of hydrazine groups is 1. The van der Waals surface area contributed by atoms with Gasteiger partial charge in [0.15, 0.2) is 0 Å². The fourth-order valence-electron chi connectivity index (χ4n) is 3.85. The molecule has 118 valence electrons. The van der Waals surface area contributed by atoms with Gasteiger partial charge in [-0.05, 0) is 45.6 Å². The van der Waals surface area contributed by atoms with Crippen LogP contribution in [0.3, 0.4) is 0 Å². The van der Waals surface area contributed by atoms with Crippen LogP contribution in [0.25, 0.3) is 0 Å². The molecule has 0 heterocycles. The third-order valence-electron chi connectivity index (χ3n) is 4.69. The summed E-state index contributed by atoms with van der Waals surface area (Å²) in [6.07, 6.45) is 6.95. The van der Waals surface area contributed by atoms with E-state index in [2.05, 4.69) is 44.4 Å². The number of hydrogen-bond donors (Lipinski definition) is 2. The second kappa shape index (κ2) is 7.39. The molecule has 3 N–H and O–H groups in total. The summed E-state index contributed by atoms with van der Waals surface area (Å²) in [4.78, 5) is 0. The molecule has 1 aliphatic rings. The molecular formula is C18H30N2O. The van der Waals surface area contributed by atoms with E-state index in [1.165, 1.54) is 36.0 Å². The summed E-state index contributed by atoms with van der Waals surface area (Å²) < 4.78 is 6.21. The highest BCUT2D eigenvalue weighted by Gasteiger charge is 2.40. The Morgan fingerprint density at radius 3 is 2.29 bits per heavy atom. The lowest BCUT2D eigenvalue weighted by Gasteiger charge is -2.43. The first-order valence-electron chi connectivity index (χ1n) is 8.27. The molecule has 0 saturated heterocycles. The highest BCUT2D eigenvalue weighted by molar-refractivity contribution is 5.29. The van der Waals surface area contributed by atoms with E-state index in [4.69, 9.17) is 10.6 Å². The molecule has 0 radical (unpaired) electrons. The summed E-state index contributed by atoms with van der Waals surface area (Å²) in [6.45, 7) is 7.15. The van der Waals surface area contributed by atoms with Gasteiger partial charge >= 0.3 is 0 Å². The molecule has 0 amide bonds. The highest BCUT2D eigenvalue weighted by atomic mass is 16.5. The quantitative estimate of drug-likeness (QED) is 0.623. The Morgan fingerprint density at radius 2 is 1.76 bits per heavy atom. The first kappa shape index (κ1) is 16.5. The second-order valence-corrected chi connectivity index (χ2v) is 6.48. The summed E-state index contributed by atoms with van der Waals surface area (Å²) >= 11 is 0. The van der Waals surface area contributed by atoms with Gasteiger partial charge in [-0.3, -0.25) is 11.3 Å². The van der Waals surface area contributed by atoms with Gasteiger partial charge in [-0.15, -0.1) is 0 Å². The summed E-state index contributed by atoms with van der Waals surface area (Å²) in [5.74, 6) is 5.91. The van der Waals surface area contributed by atoms with E-state index in [0.29, 0.717) is 0 Å². The predicted molar refractivity (Wildman–Crippen MR) is 88.2 cm³/mol. The van der Waals surface area contributed by atoms with Crippen molar-refractivity contribution in [2.24, 2.45) is 5.84 Å². The molecule has 1 aliphatic carbocycles. The number of rotatable bonds is 6. The normalized spacial score (nSPS) is 19.4. The average Bonchev–Trinajstić information content (AvgIpc) is 2.45. The van der Waals surface area contributed by atoms with Crippen LogP contribution < -0.4 is 11.3 Å². The van der Waals surface area contributed by atoms with E-state index in [-0.39, 0.29) is 11.6 Å². The zero-order valence-corrected chi connectivity index (χ0v) is 13.7. The van der Waals surface area contributed by atoms with Crippen molar-refractivity contribution >= 4 is 0 Å². The maximum atomic E-state index is 6.21. The minimum Gasteiger partial charge on any atom is -0.374 e. The van der Waals surface area contributed by atoms with Gasteiger partial charge in [-0.25, -0.2) is 0 Å². The molecule has 21 heavy (non-hydrogen) atoms. The van der Waals surface area contributed by atoms with Gasteiger partial charge < -0.3 is 4.74 Å². The van der Waals surface area contributed by atoms with E-state index >= 15 is 0 Å². The van der Waals surface area contributed by atoms with Gasteiger partial charge in [-0.2, -0.15) is 0 Å². The lowest BCUT2D eigenvalue weighted by atomic mass is 9.77. The number of nitrogens with two attached hydrogens (primary N) is 1. The molecule has 3 nitrogen and oxygen atoms in total. The van der Waals surface area contributed by atoms with Crippen LogP contribution in [0.5, 0.6) is 0 Å². The minimum absolute atomic E-state index is 0.0978. The molecule has 1 atom stereocenters. The van der Waals surface area contributed by atoms with Crippen LogP contribution in [0.1, 0.15) is 55.7 Å². The van der Waals surface area contributed by atoms with Crippen molar-refractivity contribution in [1.82, 2.24) is 5.43 Å². The minimum atomic E-state index is -0.0978. The van der Waals surface area contributed by atoms with Crippen molar-refractivity contribution in [2.45, 2.75) is 70.9 Å². The third-order valence-corrected chi connectivity index (χ3v) is 4.69. The Morgan fingerprint density at radius 1 is 1.14 bits per heavy atom. The second-order valence-electron chi connectivity index (χ2n) is 6.48. The molecule has 1 unspecified atom stereocenters. The molecular weight excluding hydrogens is 260 g/mol. The Kier molecular flexibility index (Phi) is 5.80. The van der Waals surface area contributed by atoms with Crippen molar-refractivity contribution in [2.75, 3.05) is 6.61 Å². The van der Waals surface area contributed by atoms with E-state index in [9.17, 15) is 0 Å². The maximum absolute atomic E-state index is 6.21. The Hall–Kier alpha value is -0.900. The van der Waals surface area contributed by atoms with Crippen LogP contribution in [0, 0.1) is 13.8 Å². The van der Waals surface area contributed by atoms with Crippen LogP contribution in [-0.2, 0) is 11.2 Å². The van der Waals surface area contributed by atoms with Gasteiger partial charge in [0.2, 0.25) is 0 Å². The predicted octanol–water partition coefficient (Wildman–Crippen LogP) is 3.42. The summed E-state index contributed by atoms with van der Waals surface area (Å²) in [6, 6.07) is 6.92. The number of ether oxygens (including phenoxy) is 1. The Labute approximate surface area is 129 Å². The largest absolute Gasteiger partial charge is 0.374 e. The SMILES string of the molecule is CCOC1(C(Cc2cc(C)cc(C)c2)NN)CCCCC1. The van der Waals surface area contributed by atoms with Crippen molar-refractivity contribution < 1.29 is 4.74 Å². The first-order chi connectivity index (χ1) is 10.1. The zero-order chi connectivity index (χ0) is 15.3. The molecule has 0 aromatic heterocycles. The Balaban J connectivity index is 2.19. The summed E-state index contributed by atoms with van der Waals surface area (Å²) in [7, 11) is 0. The van der Waals surface area contributed by atoms with Gasteiger partial charge in [0.25, 0.3) is 0 Å². The van der Waals surface area contributed by atoms with Crippen molar-refractivity contribution in [3.8, 4) is 0 Å². The molecule has 1 fully saturated rings. The van der Waals surface area contributed by atoms with Crippen LogP contribution >= 0.6 is 0 Å². The van der Waals surface area contributed by atoms with E-state index in [0.717, 1.165) is 25.9 Å². The molecule has 0 spiro atoms. The van der Waals surface area contributed by atoms with Crippen LogP contribution in [0.4, 0.5) is 0 Å². The molecule has 2 rings (SSSR count). The van der Waals surface area contributed by atoms with E-state index in [1.807, 2.05) is 0 Å². The lowest BCUT2D eigenvalue weighted by Crippen LogP contribution is -2.57. The number of benzene rings is 1. The summed E-state index contributed by atoms with van der Waals surface area (Å²) in [5.41, 5.74) is 6.94. The topological polar surface area (TPSA) is 47.3 Å². The highest BCUT2D eigenvalue weighted by Crippen LogP contribution is 2.35. The van der Waals surface area contributed by atoms with Crippen LogP contribution in [0.15, 0.2) is 18.2 Å². The standard InChI is InChI=1S/C18H30N2O/c1-4-21-18(8-6-5-7-9-18)17(20-19)13-16-11-14(2)10-15(3)12-16/h10-12,17,20H,4-9,13,19H2,1-3H3. The smallest absolute Gasteiger partial charge is 0.0851 e. The van der Waals surface area contributed by atoms with E-state index < -0.39 is 0 Å². The number of hydrogen-bond acceptors (Lipinski definition) is 3. The van der Waals surface area contributed by atoms with Crippen molar-refractivity contribution in [1.29, 1.82) is 0 Å². The Bertz CT molecular complexity index is 427. The average molecular weight is 290 g/mol. The molecule has 3 heteroatoms. The van der Waals surface area contributed by atoms with E-state index in [1.54, 1.807) is 0 Å². The van der Waals surface area contributed by atoms with Crippen molar-refractivity contribution in [3.63, 3.8) is 0 Å². The lowest BCUT2D eigenvalue weighted by molar-refractivity contribution is -0.0898. The number of aryl methyl sites for hydroxylation is 2. The fourth-order valence-corrected chi connectivity index (χ4v) is 3.85. The third kappa shape index (κ3) is 4.06. The number of nitrogens with one attached hydrogen (secondary N) is 1. The first-order valence-corrected chi connectivity index (χ1v) is 8.27. The molecule has 1 saturated carbocycles. The van der Waals surface area contributed by atoms with Gasteiger partial charge in [0.05, 0.1) is 11.6 Å². The van der Waals surface area contributed by atoms with Gasteiger partial charge in [0.1, 0.15) is 0 Å². The van der Waals surface area contributed by atoms with Crippen molar-refractivity contribution in [3.05, 3.63) is 34.9 Å². The molecule has 0 aliphatic heterocycles. The van der Waals surface area contributed by atoms with Crippen LogP contribution in [0.2, 0.25) is 0 Å². The molecule has 0 bridgehead atoms. The summed E-state index contributed by atoms with van der Waals surface area (Å²) in [5, 5.41) is 0. The van der Waals surface area contributed by atoms with Crippen LogP contribution in [-0.4, -0.2) is 18.2 Å². The fraction of sp³-hybridized carbons (Fsp3) is 0.667. The van der Waals surface area contributed by atoms with Gasteiger partial charge in [0, 0.05) is 6.61 Å². The molecule has 1 aromatic carbocycles. The maximum Gasteiger partial charge on any atom is 0.0851 e. The monoisotopic (exact) mass is 290 g/mol.